The van der Waals surface area contributed by atoms with E-state index in [9.17, 15) is 15.0 Å². The number of aliphatic hydroxyl groups is 1. The summed E-state index contributed by atoms with van der Waals surface area (Å²) in [6.45, 7) is 7.68. The van der Waals surface area contributed by atoms with Crippen molar-refractivity contribution in [1.82, 2.24) is 14.3 Å². The van der Waals surface area contributed by atoms with Gasteiger partial charge < -0.3 is 29.6 Å². The van der Waals surface area contributed by atoms with Crippen molar-refractivity contribution in [3.63, 3.8) is 0 Å². The number of nitrogens with zero attached hydrogens (tertiary/aromatic N) is 3. The molecule has 1 atom stereocenters. The molecule has 9 heteroatoms. The average molecular weight is 457 g/mol. The maximum Gasteiger partial charge on any atom is 0.248 e. The Morgan fingerprint density at radius 1 is 1.18 bits per heavy atom. The van der Waals surface area contributed by atoms with Gasteiger partial charge in [0, 0.05) is 24.4 Å². The molecule has 1 amide bonds. The van der Waals surface area contributed by atoms with Crippen molar-refractivity contribution < 1.29 is 24.5 Å². The molecule has 0 fully saturated rings. The van der Waals surface area contributed by atoms with Crippen molar-refractivity contribution in [2.75, 3.05) is 12.4 Å². The SMILES string of the molecule is COc1cccc(Oc2cc(O)n([C@@H](CC(C)C)C(=O)Nc3ccn(CC(C)(C)O)n3)c2)c1. The number of amides is 1. The summed E-state index contributed by atoms with van der Waals surface area (Å²) in [6.07, 6.45) is 3.80. The van der Waals surface area contributed by atoms with Crippen molar-refractivity contribution in [3.8, 4) is 23.1 Å². The summed E-state index contributed by atoms with van der Waals surface area (Å²) in [7, 11) is 1.57. The highest BCUT2D eigenvalue weighted by atomic mass is 16.5. The Kier molecular flexibility index (Phi) is 7.33. The van der Waals surface area contributed by atoms with E-state index in [0.29, 0.717) is 36.0 Å². The lowest BCUT2D eigenvalue weighted by molar-refractivity contribution is -0.119. The van der Waals surface area contributed by atoms with E-state index in [1.54, 1.807) is 68.4 Å². The third-order valence-corrected chi connectivity index (χ3v) is 4.85. The van der Waals surface area contributed by atoms with Crippen LogP contribution in [0.5, 0.6) is 23.1 Å². The van der Waals surface area contributed by atoms with Crippen LogP contribution < -0.4 is 14.8 Å². The monoisotopic (exact) mass is 456 g/mol. The third kappa shape index (κ3) is 6.76. The molecule has 0 radical (unpaired) electrons. The quantitative estimate of drug-likeness (QED) is 0.422. The molecule has 33 heavy (non-hydrogen) atoms. The van der Waals surface area contributed by atoms with E-state index in [1.165, 1.54) is 10.6 Å². The molecule has 0 spiro atoms. The Morgan fingerprint density at radius 3 is 2.58 bits per heavy atom. The van der Waals surface area contributed by atoms with Gasteiger partial charge in [0.15, 0.2) is 11.7 Å². The van der Waals surface area contributed by atoms with Gasteiger partial charge in [-0.25, -0.2) is 0 Å². The molecular formula is C24H32N4O5. The fraction of sp³-hybridized carbons (Fsp3) is 0.417. The lowest BCUT2D eigenvalue weighted by atomic mass is 10.0. The van der Waals surface area contributed by atoms with Crippen molar-refractivity contribution >= 4 is 11.7 Å². The van der Waals surface area contributed by atoms with E-state index < -0.39 is 11.6 Å². The van der Waals surface area contributed by atoms with E-state index >= 15 is 0 Å². The lowest BCUT2D eigenvalue weighted by Gasteiger charge is -2.20. The fourth-order valence-corrected chi connectivity index (χ4v) is 3.46. The molecule has 1 aromatic carbocycles. The molecule has 0 bridgehead atoms. The summed E-state index contributed by atoms with van der Waals surface area (Å²) in [5.41, 5.74) is -0.927. The minimum atomic E-state index is -0.927. The van der Waals surface area contributed by atoms with Gasteiger partial charge in [-0.1, -0.05) is 19.9 Å². The average Bonchev–Trinajstić information content (AvgIpc) is 3.30. The minimum absolute atomic E-state index is 0.0822. The van der Waals surface area contributed by atoms with Gasteiger partial charge in [0.25, 0.3) is 0 Å². The molecule has 0 saturated carbocycles. The number of carbonyl (C=O) groups is 1. The van der Waals surface area contributed by atoms with Crippen molar-refractivity contribution in [3.05, 3.63) is 48.8 Å². The zero-order chi connectivity index (χ0) is 24.2. The molecular weight excluding hydrogens is 424 g/mol. The number of anilines is 1. The number of aromatic hydroxyl groups is 1. The first kappa shape index (κ1) is 24.2. The first-order valence-corrected chi connectivity index (χ1v) is 10.8. The number of methoxy groups -OCH3 is 1. The van der Waals surface area contributed by atoms with Crippen LogP contribution in [0.2, 0.25) is 0 Å². The third-order valence-electron chi connectivity index (χ3n) is 4.85. The summed E-state index contributed by atoms with van der Waals surface area (Å²) in [4.78, 5) is 13.1. The van der Waals surface area contributed by atoms with Crippen LogP contribution in [0.3, 0.4) is 0 Å². The van der Waals surface area contributed by atoms with Crippen LogP contribution in [0.1, 0.15) is 40.2 Å². The minimum Gasteiger partial charge on any atom is -0.497 e. The van der Waals surface area contributed by atoms with Crippen LogP contribution in [-0.2, 0) is 11.3 Å². The van der Waals surface area contributed by atoms with E-state index in [4.69, 9.17) is 9.47 Å². The molecule has 2 aromatic heterocycles. The number of nitrogens with one attached hydrogen (secondary N) is 1. The van der Waals surface area contributed by atoms with Gasteiger partial charge in [-0.15, -0.1) is 0 Å². The van der Waals surface area contributed by atoms with Gasteiger partial charge in [0.1, 0.15) is 23.3 Å². The zero-order valence-electron chi connectivity index (χ0n) is 19.6. The number of benzene rings is 1. The highest BCUT2D eigenvalue weighted by Crippen LogP contribution is 2.33. The smallest absolute Gasteiger partial charge is 0.248 e. The summed E-state index contributed by atoms with van der Waals surface area (Å²) in [5.74, 6) is 1.77. The van der Waals surface area contributed by atoms with Crippen LogP contribution >= 0.6 is 0 Å². The van der Waals surface area contributed by atoms with Crippen LogP contribution in [0.15, 0.2) is 48.8 Å². The number of hydrogen-bond donors (Lipinski definition) is 3. The predicted octanol–water partition coefficient (Wildman–Crippen LogP) is 4.19. The molecule has 9 nitrogen and oxygen atoms in total. The van der Waals surface area contributed by atoms with Gasteiger partial charge in [-0.2, -0.15) is 5.10 Å². The Hall–Kier alpha value is -3.46. The molecule has 3 N–H and O–H groups in total. The Labute approximate surface area is 193 Å². The standard InChI is InChI=1S/C24H32N4O5/c1-16(2)11-20(23(30)25-21-9-10-27(26-21)15-24(3,4)31)28-14-19(13-22(28)29)33-18-8-6-7-17(12-18)32-5/h6-10,12-14,16,20,29,31H,11,15H2,1-5H3,(H,25,26,30)/t20-/m0/s1. The Balaban J connectivity index is 1.78. The Bertz CT molecular complexity index is 1080. The largest absolute Gasteiger partial charge is 0.497 e. The predicted molar refractivity (Wildman–Crippen MR) is 125 cm³/mol. The fourth-order valence-electron chi connectivity index (χ4n) is 3.46. The normalized spacial score (nSPS) is 12.6. The first-order chi connectivity index (χ1) is 15.5. The summed E-state index contributed by atoms with van der Waals surface area (Å²) < 4.78 is 14.1. The van der Waals surface area contributed by atoms with Crippen LogP contribution in [0, 0.1) is 5.92 Å². The highest BCUT2D eigenvalue weighted by Gasteiger charge is 2.26. The van der Waals surface area contributed by atoms with Gasteiger partial charge in [0.2, 0.25) is 5.91 Å². The number of ether oxygens (including phenoxy) is 2. The molecule has 2 heterocycles. The second kappa shape index (κ2) is 9.99. The van der Waals surface area contributed by atoms with E-state index in [1.807, 2.05) is 13.8 Å². The number of carbonyl (C=O) groups excluding carboxylic acids is 1. The summed E-state index contributed by atoms with van der Waals surface area (Å²) >= 11 is 0. The highest BCUT2D eigenvalue weighted by molar-refractivity contribution is 5.93. The van der Waals surface area contributed by atoms with Crippen LogP contribution in [-0.4, -0.2) is 43.2 Å². The molecule has 0 aliphatic rings. The first-order valence-electron chi connectivity index (χ1n) is 10.8. The number of hydrogen-bond acceptors (Lipinski definition) is 6. The molecule has 0 unspecified atom stereocenters. The van der Waals surface area contributed by atoms with E-state index in [2.05, 4.69) is 10.4 Å². The van der Waals surface area contributed by atoms with Crippen molar-refractivity contribution in [1.29, 1.82) is 0 Å². The summed E-state index contributed by atoms with van der Waals surface area (Å²) in [6, 6.07) is 9.59. The second-order valence-electron chi connectivity index (χ2n) is 9.07. The van der Waals surface area contributed by atoms with Gasteiger partial charge in [0.05, 0.1) is 25.5 Å². The van der Waals surface area contributed by atoms with Gasteiger partial charge in [-0.3, -0.25) is 9.48 Å². The zero-order valence-corrected chi connectivity index (χ0v) is 19.6. The molecule has 3 rings (SSSR count). The van der Waals surface area contributed by atoms with Gasteiger partial charge in [-0.05, 0) is 38.3 Å². The summed E-state index contributed by atoms with van der Waals surface area (Å²) in [5, 5.41) is 27.7. The van der Waals surface area contributed by atoms with E-state index in [-0.39, 0.29) is 17.7 Å². The molecule has 0 aliphatic carbocycles. The maximum absolute atomic E-state index is 13.1. The molecule has 0 saturated heterocycles. The lowest BCUT2D eigenvalue weighted by Crippen LogP contribution is -2.28. The maximum atomic E-state index is 13.1. The van der Waals surface area contributed by atoms with Crippen LogP contribution in [0.4, 0.5) is 5.82 Å². The molecule has 3 aromatic rings. The molecule has 178 valence electrons. The number of rotatable bonds is 10. The van der Waals surface area contributed by atoms with Crippen LogP contribution in [0.25, 0.3) is 0 Å². The van der Waals surface area contributed by atoms with E-state index in [0.717, 1.165) is 0 Å². The van der Waals surface area contributed by atoms with Crippen molar-refractivity contribution in [2.24, 2.45) is 5.92 Å². The second-order valence-corrected chi connectivity index (χ2v) is 9.07. The Morgan fingerprint density at radius 2 is 1.91 bits per heavy atom. The molecule has 0 aliphatic heterocycles. The van der Waals surface area contributed by atoms with Crippen molar-refractivity contribution in [2.45, 2.75) is 52.3 Å². The number of aromatic nitrogens is 3. The topological polar surface area (TPSA) is 111 Å². The van der Waals surface area contributed by atoms with Gasteiger partial charge >= 0.3 is 0 Å².